The summed E-state index contributed by atoms with van der Waals surface area (Å²) < 4.78 is 23.4. The van der Waals surface area contributed by atoms with Crippen molar-refractivity contribution in [1.82, 2.24) is 24.3 Å². The summed E-state index contributed by atoms with van der Waals surface area (Å²) in [5.74, 6) is -0.409. The van der Waals surface area contributed by atoms with Crippen molar-refractivity contribution in [3.05, 3.63) is 87.5 Å². The molecule has 0 amide bonds. The number of carbonyl (C=O) groups is 2. The largest absolute Gasteiger partial charge is 0.511 e. The Morgan fingerprint density at radius 1 is 1.09 bits per heavy atom. The molecule has 0 spiro atoms. The molecule has 0 aliphatic carbocycles. The van der Waals surface area contributed by atoms with E-state index in [9.17, 15) is 14.4 Å². The summed E-state index contributed by atoms with van der Waals surface area (Å²) in [5.41, 5.74) is 3.41. The van der Waals surface area contributed by atoms with Gasteiger partial charge in [0, 0.05) is 30.1 Å². The Labute approximate surface area is 257 Å². The van der Waals surface area contributed by atoms with E-state index in [4.69, 9.17) is 30.3 Å². The van der Waals surface area contributed by atoms with Crippen LogP contribution in [0.25, 0.3) is 28.0 Å². The van der Waals surface area contributed by atoms with Crippen LogP contribution in [-0.4, -0.2) is 49.3 Å². The zero-order valence-electron chi connectivity index (χ0n) is 24.5. The zero-order chi connectivity index (χ0) is 31.2. The third-order valence-electron chi connectivity index (χ3n) is 6.85. The lowest BCUT2D eigenvalue weighted by molar-refractivity contribution is -0.0349. The van der Waals surface area contributed by atoms with Crippen molar-refractivity contribution in [1.29, 1.82) is 0 Å². The van der Waals surface area contributed by atoms with Crippen molar-refractivity contribution in [3.8, 4) is 17.1 Å². The molecule has 12 nitrogen and oxygen atoms in total. The smallest absolute Gasteiger partial charge is 0.431 e. The molecule has 0 aliphatic rings. The molecule has 3 heterocycles. The maximum Gasteiger partial charge on any atom is 0.511 e. The highest BCUT2D eigenvalue weighted by atomic mass is 35.5. The van der Waals surface area contributed by atoms with Gasteiger partial charge in [-0.05, 0) is 56.2 Å². The molecule has 1 N–H and O–H groups in total. The lowest BCUT2D eigenvalue weighted by atomic mass is 10.1. The van der Waals surface area contributed by atoms with Crippen LogP contribution in [0, 0.1) is 0 Å². The predicted octanol–water partition coefficient (Wildman–Crippen LogP) is 6.28. The molecule has 13 heteroatoms. The first-order valence-corrected chi connectivity index (χ1v) is 14.6. The number of carbonyl (C=O) groups excluding carboxylic acids is 2. The summed E-state index contributed by atoms with van der Waals surface area (Å²) in [6.07, 6.45) is 4.14. The molecular formula is C31H32ClN5O7. The van der Waals surface area contributed by atoms with E-state index >= 15 is 0 Å². The van der Waals surface area contributed by atoms with Gasteiger partial charge in [-0.25, -0.2) is 19.4 Å². The number of aryl methyl sites for hydroxylation is 1. The highest BCUT2D eigenvalue weighted by Gasteiger charge is 2.24. The SMILES string of the molecule is CCCCCc1nc(Cl)c(C(=O)OCOC(=O)OC(C)C)n1Cc1ccc2c(ccn2-c2ccccc2-c2noc(=O)[nH]2)c1. The van der Waals surface area contributed by atoms with Crippen molar-refractivity contribution in [2.75, 3.05) is 6.79 Å². The first-order valence-electron chi connectivity index (χ1n) is 14.3. The lowest BCUT2D eigenvalue weighted by Crippen LogP contribution is -2.19. The fourth-order valence-electron chi connectivity index (χ4n) is 4.89. The highest BCUT2D eigenvalue weighted by Crippen LogP contribution is 2.29. The van der Waals surface area contributed by atoms with Gasteiger partial charge < -0.3 is 23.3 Å². The van der Waals surface area contributed by atoms with E-state index in [2.05, 4.69) is 22.0 Å². The second-order valence-electron chi connectivity index (χ2n) is 10.4. The number of rotatable bonds is 12. The highest BCUT2D eigenvalue weighted by molar-refractivity contribution is 6.32. The maximum absolute atomic E-state index is 13.1. The third-order valence-corrected chi connectivity index (χ3v) is 7.12. The van der Waals surface area contributed by atoms with Gasteiger partial charge in [-0.2, -0.15) is 0 Å². The summed E-state index contributed by atoms with van der Waals surface area (Å²) in [6, 6.07) is 15.5. The van der Waals surface area contributed by atoms with Crippen LogP contribution in [-0.2, 0) is 27.2 Å². The van der Waals surface area contributed by atoms with Crippen LogP contribution in [0.5, 0.6) is 0 Å². The van der Waals surface area contributed by atoms with E-state index in [0.717, 1.165) is 41.4 Å². The Bertz CT molecular complexity index is 1830. The van der Waals surface area contributed by atoms with Crippen LogP contribution in [0.1, 0.15) is 61.9 Å². The number of para-hydroxylation sites is 1. The molecule has 5 aromatic rings. The van der Waals surface area contributed by atoms with Crippen molar-refractivity contribution in [2.45, 2.75) is 59.1 Å². The Morgan fingerprint density at radius 2 is 1.91 bits per heavy atom. The van der Waals surface area contributed by atoms with Crippen LogP contribution in [0.3, 0.4) is 0 Å². The number of hydrogen-bond acceptors (Lipinski definition) is 9. The summed E-state index contributed by atoms with van der Waals surface area (Å²) in [7, 11) is 0. The fourth-order valence-corrected chi connectivity index (χ4v) is 5.17. The normalized spacial score (nSPS) is 11.3. The Morgan fingerprint density at radius 3 is 2.66 bits per heavy atom. The Hall–Kier alpha value is -4.84. The van der Waals surface area contributed by atoms with Crippen molar-refractivity contribution >= 4 is 34.6 Å². The number of halogens is 1. The average Bonchev–Trinajstić information content (AvgIpc) is 3.69. The minimum atomic E-state index is -0.940. The van der Waals surface area contributed by atoms with Crippen LogP contribution < -0.4 is 5.76 Å². The van der Waals surface area contributed by atoms with Crippen molar-refractivity contribution < 1.29 is 28.3 Å². The second-order valence-corrected chi connectivity index (χ2v) is 10.7. The number of hydrogen-bond donors (Lipinski definition) is 1. The van der Waals surface area contributed by atoms with Crippen LogP contribution in [0.15, 0.2) is 64.0 Å². The number of imidazole rings is 1. The maximum atomic E-state index is 13.1. The van der Waals surface area contributed by atoms with Crippen LogP contribution in [0.2, 0.25) is 5.15 Å². The molecular weight excluding hydrogens is 590 g/mol. The average molecular weight is 622 g/mol. The van der Waals surface area contributed by atoms with E-state index in [0.29, 0.717) is 30.2 Å². The number of ether oxygens (including phenoxy) is 3. The third kappa shape index (κ3) is 6.86. The standard InChI is InChI=1S/C31H32ClN5O7/c1-4-5-6-11-25-33-27(32)26(29(38)41-18-42-31(40)43-19(2)3)37(25)17-20-12-13-23-21(16-20)14-15-36(23)24-10-8-7-9-22(24)28-34-30(39)44-35-28/h7-10,12-16,19H,4-6,11,17-18H2,1-3H3,(H,34,35,39). The van der Waals surface area contributed by atoms with E-state index in [-0.39, 0.29) is 17.0 Å². The number of aromatic nitrogens is 5. The number of benzene rings is 2. The first-order chi connectivity index (χ1) is 21.2. The summed E-state index contributed by atoms with van der Waals surface area (Å²) in [5, 5.41) is 4.82. The number of nitrogens with zero attached hydrogens (tertiary/aromatic N) is 4. The number of aromatic amines is 1. The van der Waals surface area contributed by atoms with E-state index < -0.39 is 24.7 Å². The number of unbranched alkanes of at least 4 members (excludes halogenated alkanes) is 2. The van der Waals surface area contributed by atoms with Gasteiger partial charge in [0.25, 0.3) is 0 Å². The van der Waals surface area contributed by atoms with Crippen molar-refractivity contribution in [3.63, 3.8) is 0 Å². The Kier molecular flexibility index (Phi) is 9.49. The number of esters is 1. The van der Waals surface area contributed by atoms with Crippen LogP contribution in [0.4, 0.5) is 4.79 Å². The van der Waals surface area contributed by atoms with E-state index in [1.807, 2.05) is 59.3 Å². The zero-order valence-corrected chi connectivity index (χ0v) is 25.3. The number of H-pyrrole nitrogens is 1. The minimum absolute atomic E-state index is 0.0148. The quantitative estimate of drug-likeness (QED) is 0.0966. The second kappa shape index (κ2) is 13.6. The van der Waals surface area contributed by atoms with Gasteiger partial charge in [0.05, 0.1) is 17.3 Å². The van der Waals surface area contributed by atoms with Gasteiger partial charge in [0.15, 0.2) is 16.7 Å². The van der Waals surface area contributed by atoms with Gasteiger partial charge >= 0.3 is 17.9 Å². The molecule has 0 radical (unpaired) electrons. The Balaban J connectivity index is 1.42. The van der Waals surface area contributed by atoms with Gasteiger partial charge in [-0.15, -0.1) is 0 Å². The summed E-state index contributed by atoms with van der Waals surface area (Å²) >= 11 is 6.46. The molecule has 0 aliphatic heterocycles. The fraction of sp³-hybridized carbons (Fsp3) is 0.323. The molecule has 0 saturated carbocycles. The molecule has 0 atom stereocenters. The van der Waals surface area contributed by atoms with Gasteiger partial charge in [-0.1, -0.05) is 54.7 Å². The van der Waals surface area contributed by atoms with Crippen molar-refractivity contribution in [2.24, 2.45) is 0 Å². The summed E-state index contributed by atoms with van der Waals surface area (Å²) in [4.78, 5) is 43.5. The lowest BCUT2D eigenvalue weighted by Gasteiger charge is -2.13. The molecule has 3 aromatic heterocycles. The minimum Gasteiger partial charge on any atom is -0.431 e. The molecule has 44 heavy (non-hydrogen) atoms. The topological polar surface area (TPSA) is 143 Å². The van der Waals surface area contributed by atoms with Gasteiger partial charge in [0.2, 0.25) is 6.79 Å². The molecule has 0 fully saturated rings. The van der Waals surface area contributed by atoms with E-state index in [1.54, 1.807) is 18.4 Å². The molecule has 230 valence electrons. The molecule has 0 unspecified atom stereocenters. The first kappa shape index (κ1) is 30.6. The monoisotopic (exact) mass is 621 g/mol. The number of nitrogens with one attached hydrogen (secondary N) is 1. The summed E-state index contributed by atoms with van der Waals surface area (Å²) in [6.45, 7) is 5.15. The molecule has 0 saturated heterocycles. The van der Waals surface area contributed by atoms with E-state index in [1.165, 1.54) is 0 Å². The van der Waals surface area contributed by atoms with Gasteiger partial charge in [0.1, 0.15) is 5.82 Å². The number of fused-ring (bicyclic) bond motifs is 1. The molecule has 2 aromatic carbocycles. The predicted molar refractivity (Wildman–Crippen MR) is 162 cm³/mol. The molecule has 5 rings (SSSR count). The molecule has 0 bridgehead atoms. The van der Waals surface area contributed by atoms with Crippen LogP contribution >= 0.6 is 11.6 Å². The van der Waals surface area contributed by atoms with Gasteiger partial charge in [-0.3, -0.25) is 9.51 Å².